The first-order valence-electron chi connectivity index (χ1n) is 8.89. The first-order valence-corrected chi connectivity index (χ1v) is 10.4. The highest BCUT2D eigenvalue weighted by Crippen LogP contribution is 2.27. The van der Waals surface area contributed by atoms with Crippen molar-refractivity contribution in [2.75, 3.05) is 14.2 Å². The van der Waals surface area contributed by atoms with Crippen LogP contribution in [0.5, 0.6) is 5.75 Å². The molecule has 0 spiro atoms. The van der Waals surface area contributed by atoms with Gasteiger partial charge in [0.05, 0.1) is 19.9 Å². The third-order valence-corrected chi connectivity index (χ3v) is 6.24. The van der Waals surface area contributed by atoms with Crippen molar-refractivity contribution in [3.05, 3.63) is 47.9 Å². The van der Waals surface area contributed by atoms with E-state index in [1.165, 1.54) is 24.1 Å². The maximum atomic E-state index is 12.8. The number of carbonyl (C=O) groups is 1. The van der Waals surface area contributed by atoms with Gasteiger partial charge in [-0.3, -0.25) is 4.79 Å². The summed E-state index contributed by atoms with van der Waals surface area (Å²) >= 11 is 0. The molecule has 0 saturated heterocycles. The van der Waals surface area contributed by atoms with Crippen LogP contribution in [0.15, 0.2) is 45.9 Å². The quantitative estimate of drug-likeness (QED) is 0.783. The minimum atomic E-state index is -3.78. The van der Waals surface area contributed by atoms with E-state index in [4.69, 9.17) is 9.15 Å². The monoisotopic (exact) mass is 392 g/mol. The van der Waals surface area contributed by atoms with E-state index in [-0.39, 0.29) is 28.2 Å². The second-order valence-corrected chi connectivity index (χ2v) is 8.39. The van der Waals surface area contributed by atoms with E-state index in [1.54, 1.807) is 31.5 Å². The number of sulfonamides is 1. The summed E-state index contributed by atoms with van der Waals surface area (Å²) in [5.41, 5.74) is 0.275. The lowest BCUT2D eigenvalue weighted by atomic mass is 10.2. The lowest BCUT2D eigenvalue weighted by Gasteiger charge is -2.18. The Bertz CT molecular complexity index is 887. The molecule has 1 amide bonds. The first-order chi connectivity index (χ1) is 12.9. The van der Waals surface area contributed by atoms with Crippen LogP contribution in [0.2, 0.25) is 0 Å². The van der Waals surface area contributed by atoms with Gasteiger partial charge >= 0.3 is 0 Å². The maximum absolute atomic E-state index is 12.8. The Morgan fingerprint density at radius 2 is 2.04 bits per heavy atom. The molecule has 0 unspecified atom stereocenters. The molecule has 0 aliphatic heterocycles. The topological polar surface area (TPSA) is 88.8 Å². The van der Waals surface area contributed by atoms with Gasteiger partial charge in [-0.2, -0.15) is 0 Å². The lowest BCUT2D eigenvalue weighted by molar-refractivity contribution is 0.0775. The standard InChI is InChI=1S/C19H24N2O5S/c1-21(13-16-8-5-11-26-16)19(22)14-9-10-17(25-2)18(12-14)27(23,24)20-15-6-3-4-7-15/h5,8-12,15,20H,3-4,6-7,13H2,1-2H3. The van der Waals surface area contributed by atoms with Crippen LogP contribution in [0.25, 0.3) is 0 Å². The zero-order valence-corrected chi connectivity index (χ0v) is 16.3. The van der Waals surface area contributed by atoms with Gasteiger partial charge in [-0.1, -0.05) is 12.8 Å². The molecule has 3 rings (SSSR count). The summed E-state index contributed by atoms with van der Waals surface area (Å²) in [5, 5.41) is 0. The smallest absolute Gasteiger partial charge is 0.254 e. The molecule has 1 aliphatic carbocycles. The van der Waals surface area contributed by atoms with Gasteiger partial charge in [0.25, 0.3) is 5.91 Å². The lowest BCUT2D eigenvalue weighted by Crippen LogP contribution is -2.33. The minimum Gasteiger partial charge on any atom is -0.495 e. The molecule has 1 N–H and O–H groups in total. The fraction of sp³-hybridized carbons (Fsp3) is 0.421. The normalized spacial score (nSPS) is 15.0. The summed E-state index contributed by atoms with van der Waals surface area (Å²) < 4.78 is 38.9. The van der Waals surface area contributed by atoms with Crippen LogP contribution in [0.1, 0.15) is 41.8 Å². The van der Waals surface area contributed by atoms with Gasteiger partial charge in [0.1, 0.15) is 16.4 Å². The van der Waals surface area contributed by atoms with Gasteiger partial charge in [-0.15, -0.1) is 0 Å². The maximum Gasteiger partial charge on any atom is 0.254 e. The molecule has 1 aromatic carbocycles. The molecule has 0 atom stereocenters. The molecule has 0 radical (unpaired) electrons. The van der Waals surface area contributed by atoms with E-state index in [0.29, 0.717) is 12.3 Å². The Balaban J connectivity index is 1.85. The van der Waals surface area contributed by atoms with Gasteiger partial charge in [0.2, 0.25) is 10.0 Å². The zero-order valence-electron chi connectivity index (χ0n) is 15.5. The number of rotatable bonds is 7. The number of carbonyl (C=O) groups excluding carboxylic acids is 1. The number of furan rings is 1. The van der Waals surface area contributed by atoms with Crippen molar-refractivity contribution < 1.29 is 22.4 Å². The molecule has 1 fully saturated rings. The summed E-state index contributed by atoms with van der Waals surface area (Å²) in [6, 6.07) is 7.91. The Labute approximate surface area is 159 Å². The molecule has 1 aromatic heterocycles. The van der Waals surface area contributed by atoms with Crippen LogP contribution in [0.4, 0.5) is 0 Å². The van der Waals surface area contributed by atoms with Crippen molar-refractivity contribution in [3.63, 3.8) is 0 Å². The van der Waals surface area contributed by atoms with Crippen LogP contribution >= 0.6 is 0 Å². The minimum absolute atomic E-state index is 0.0193. The van der Waals surface area contributed by atoms with Crippen molar-refractivity contribution in [1.82, 2.24) is 9.62 Å². The van der Waals surface area contributed by atoms with E-state index in [1.807, 2.05) is 0 Å². The van der Waals surface area contributed by atoms with Crippen molar-refractivity contribution >= 4 is 15.9 Å². The van der Waals surface area contributed by atoms with Gasteiger partial charge in [0, 0.05) is 18.7 Å². The summed E-state index contributed by atoms with van der Waals surface area (Å²) in [5.74, 6) is 0.562. The summed E-state index contributed by atoms with van der Waals surface area (Å²) in [6.07, 6.45) is 5.22. The molecule has 1 aliphatic rings. The number of benzene rings is 1. The number of nitrogens with zero attached hydrogens (tertiary/aromatic N) is 1. The molecular formula is C19H24N2O5S. The molecule has 27 heavy (non-hydrogen) atoms. The third-order valence-electron chi connectivity index (χ3n) is 4.70. The molecule has 2 aromatic rings. The predicted molar refractivity (Wildman–Crippen MR) is 100 cm³/mol. The molecule has 8 heteroatoms. The zero-order chi connectivity index (χ0) is 19.4. The Morgan fingerprint density at radius 3 is 2.67 bits per heavy atom. The van der Waals surface area contributed by atoms with E-state index < -0.39 is 10.0 Å². The first kappa shape index (κ1) is 19.4. The van der Waals surface area contributed by atoms with Crippen molar-refractivity contribution in [2.45, 2.75) is 43.2 Å². The van der Waals surface area contributed by atoms with Gasteiger partial charge in [-0.25, -0.2) is 13.1 Å². The average Bonchev–Trinajstić information content (AvgIpc) is 3.34. The van der Waals surface area contributed by atoms with Crippen molar-refractivity contribution in [2.24, 2.45) is 0 Å². The summed E-state index contributed by atoms with van der Waals surface area (Å²) in [6.45, 7) is 0.292. The Kier molecular flexibility index (Phi) is 5.86. The number of ether oxygens (including phenoxy) is 1. The Morgan fingerprint density at radius 1 is 1.30 bits per heavy atom. The van der Waals surface area contributed by atoms with E-state index >= 15 is 0 Å². The van der Waals surface area contributed by atoms with E-state index in [0.717, 1.165) is 25.7 Å². The molecule has 146 valence electrons. The summed E-state index contributed by atoms with van der Waals surface area (Å²) in [4.78, 5) is 14.2. The van der Waals surface area contributed by atoms with Crippen LogP contribution in [-0.4, -0.2) is 39.4 Å². The van der Waals surface area contributed by atoms with Crippen molar-refractivity contribution in [1.29, 1.82) is 0 Å². The Hall–Kier alpha value is -2.32. The highest BCUT2D eigenvalue weighted by molar-refractivity contribution is 7.89. The molecule has 0 bridgehead atoms. The number of nitrogens with one attached hydrogen (secondary N) is 1. The second-order valence-electron chi connectivity index (χ2n) is 6.71. The SMILES string of the molecule is COc1ccc(C(=O)N(C)Cc2ccco2)cc1S(=O)(=O)NC1CCCC1. The van der Waals surface area contributed by atoms with Crippen LogP contribution in [-0.2, 0) is 16.6 Å². The fourth-order valence-electron chi connectivity index (χ4n) is 3.27. The largest absolute Gasteiger partial charge is 0.495 e. The number of methoxy groups -OCH3 is 1. The number of hydrogen-bond donors (Lipinski definition) is 1. The molecule has 7 nitrogen and oxygen atoms in total. The van der Waals surface area contributed by atoms with E-state index in [2.05, 4.69) is 4.72 Å². The van der Waals surface area contributed by atoms with E-state index in [9.17, 15) is 13.2 Å². The van der Waals surface area contributed by atoms with Gasteiger partial charge < -0.3 is 14.1 Å². The second kappa shape index (κ2) is 8.14. The van der Waals surface area contributed by atoms with Gasteiger partial charge in [-0.05, 0) is 43.2 Å². The number of amides is 1. The van der Waals surface area contributed by atoms with Crippen LogP contribution in [0.3, 0.4) is 0 Å². The third kappa shape index (κ3) is 4.51. The molecule has 1 heterocycles. The van der Waals surface area contributed by atoms with Crippen molar-refractivity contribution in [3.8, 4) is 5.75 Å². The summed E-state index contributed by atoms with van der Waals surface area (Å²) in [7, 11) is -0.732. The highest BCUT2D eigenvalue weighted by atomic mass is 32.2. The molecular weight excluding hydrogens is 368 g/mol. The predicted octanol–water partition coefficient (Wildman–Crippen LogP) is 2.78. The average molecular weight is 392 g/mol. The highest BCUT2D eigenvalue weighted by Gasteiger charge is 2.27. The molecule has 1 saturated carbocycles. The fourth-order valence-corrected chi connectivity index (χ4v) is 4.77. The number of hydrogen-bond acceptors (Lipinski definition) is 5. The van der Waals surface area contributed by atoms with Crippen LogP contribution < -0.4 is 9.46 Å². The van der Waals surface area contributed by atoms with Crippen LogP contribution in [0, 0.1) is 0 Å². The van der Waals surface area contributed by atoms with Gasteiger partial charge in [0.15, 0.2) is 0 Å².